The summed E-state index contributed by atoms with van der Waals surface area (Å²) in [6, 6.07) is 16.5. The number of carbonyl (C=O) groups is 1. The van der Waals surface area contributed by atoms with Crippen molar-refractivity contribution in [1.29, 1.82) is 0 Å². The molecule has 0 aliphatic heterocycles. The highest BCUT2D eigenvalue weighted by atomic mass is 35.5. The largest absolute Gasteiger partial charge is 0.478 e. The van der Waals surface area contributed by atoms with E-state index in [1.165, 1.54) is 23.9 Å². The quantitative estimate of drug-likeness (QED) is 0.362. The molecular formula is C20H13Cl2NO4S. The summed E-state index contributed by atoms with van der Waals surface area (Å²) in [5, 5.41) is 21.7. The SMILES string of the molecule is O=C(O)c1ccccc1Cc1ccc(Sc2ccc(Cl)c(Cl)c2)c([N+](=O)[O-])c1. The third-order valence-corrected chi connectivity index (χ3v) is 5.78. The van der Waals surface area contributed by atoms with Crippen LogP contribution in [-0.2, 0) is 6.42 Å². The van der Waals surface area contributed by atoms with Crippen molar-refractivity contribution in [2.45, 2.75) is 16.2 Å². The Labute approximate surface area is 175 Å². The van der Waals surface area contributed by atoms with Crippen LogP contribution >= 0.6 is 35.0 Å². The fourth-order valence-electron chi connectivity index (χ4n) is 2.67. The molecule has 0 saturated carbocycles. The number of nitro benzene ring substituents is 1. The van der Waals surface area contributed by atoms with Crippen LogP contribution in [0.15, 0.2) is 70.5 Å². The van der Waals surface area contributed by atoms with Gasteiger partial charge in [0.15, 0.2) is 0 Å². The van der Waals surface area contributed by atoms with Crippen LogP contribution in [0.25, 0.3) is 0 Å². The van der Waals surface area contributed by atoms with Gasteiger partial charge in [-0.25, -0.2) is 4.79 Å². The monoisotopic (exact) mass is 433 g/mol. The first-order valence-electron chi connectivity index (χ1n) is 8.06. The van der Waals surface area contributed by atoms with Crippen LogP contribution in [-0.4, -0.2) is 16.0 Å². The number of aromatic carboxylic acids is 1. The molecule has 0 fully saturated rings. The van der Waals surface area contributed by atoms with Crippen molar-refractivity contribution < 1.29 is 14.8 Å². The average molecular weight is 434 g/mol. The highest BCUT2D eigenvalue weighted by Gasteiger charge is 2.18. The van der Waals surface area contributed by atoms with Crippen molar-refractivity contribution in [1.82, 2.24) is 0 Å². The predicted molar refractivity (Wildman–Crippen MR) is 110 cm³/mol. The number of hydrogen-bond acceptors (Lipinski definition) is 4. The minimum absolute atomic E-state index is 0.0543. The Morgan fingerprint density at radius 3 is 2.46 bits per heavy atom. The lowest BCUT2D eigenvalue weighted by molar-refractivity contribution is -0.387. The number of carboxylic acids is 1. The summed E-state index contributed by atoms with van der Waals surface area (Å²) in [6.45, 7) is 0. The number of halogens is 2. The zero-order chi connectivity index (χ0) is 20.3. The minimum Gasteiger partial charge on any atom is -0.478 e. The Morgan fingerprint density at radius 1 is 1.04 bits per heavy atom. The molecule has 28 heavy (non-hydrogen) atoms. The molecular weight excluding hydrogens is 421 g/mol. The van der Waals surface area contributed by atoms with E-state index < -0.39 is 10.9 Å². The first kappa shape index (κ1) is 20.2. The molecule has 0 aliphatic rings. The van der Waals surface area contributed by atoms with E-state index in [9.17, 15) is 20.0 Å². The van der Waals surface area contributed by atoms with E-state index in [2.05, 4.69) is 0 Å². The van der Waals surface area contributed by atoms with E-state index in [1.54, 1.807) is 48.5 Å². The topological polar surface area (TPSA) is 80.4 Å². The summed E-state index contributed by atoms with van der Waals surface area (Å²) in [6.07, 6.45) is 0.279. The minimum atomic E-state index is -1.03. The van der Waals surface area contributed by atoms with Gasteiger partial charge in [-0.3, -0.25) is 10.1 Å². The Balaban J connectivity index is 1.92. The highest BCUT2D eigenvalue weighted by molar-refractivity contribution is 7.99. The van der Waals surface area contributed by atoms with Crippen LogP contribution in [0.5, 0.6) is 0 Å². The van der Waals surface area contributed by atoms with E-state index in [0.29, 0.717) is 26.1 Å². The molecule has 0 aliphatic carbocycles. The number of nitro groups is 1. The Bertz CT molecular complexity index is 1070. The Morgan fingerprint density at radius 2 is 1.79 bits per heavy atom. The summed E-state index contributed by atoms with van der Waals surface area (Å²) in [5.41, 5.74) is 1.37. The first-order valence-corrected chi connectivity index (χ1v) is 9.64. The third-order valence-electron chi connectivity index (χ3n) is 3.98. The standard InChI is InChI=1S/C20H13Cl2NO4S/c21-16-7-6-14(11-17(16)22)28-19-8-5-12(10-18(19)23(26)27)9-13-3-1-2-4-15(13)20(24)25/h1-8,10-11H,9H2,(H,24,25). The van der Waals surface area contributed by atoms with Crippen molar-refractivity contribution in [2.24, 2.45) is 0 Å². The Kier molecular flexibility index (Phi) is 6.24. The molecule has 3 rings (SSSR count). The molecule has 0 spiro atoms. The van der Waals surface area contributed by atoms with Crippen LogP contribution < -0.4 is 0 Å². The summed E-state index contributed by atoms with van der Waals surface area (Å²) >= 11 is 13.1. The molecule has 8 heteroatoms. The lowest BCUT2D eigenvalue weighted by Gasteiger charge is -2.09. The molecule has 0 radical (unpaired) electrons. The van der Waals surface area contributed by atoms with E-state index in [4.69, 9.17) is 23.2 Å². The molecule has 0 heterocycles. The van der Waals surface area contributed by atoms with Gasteiger partial charge in [-0.15, -0.1) is 0 Å². The van der Waals surface area contributed by atoms with E-state index >= 15 is 0 Å². The fraction of sp³-hybridized carbons (Fsp3) is 0.0500. The first-order chi connectivity index (χ1) is 13.3. The van der Waals surface area contributed by atoms with Gasteiger partial charge in [0, 0.05) is 11.0 Å². The van der Waals surface area contributed by atoms with Crippen molar-refractivity contribution in [3.05, 3.63) is 97.5 Å². The van der Waals surface area contributed by atoms with Crippen molar-refractivity contribution in [2.75, 3.05) is 0 Å². The van der Waals surface area contributed by atoms with Gasteiger partial charge >= 0.3 is 5.97 Å². The molecule has 0 atom stereocenters. The van der Waals surface area contributed by atoms with Gasteiger partial charge in [-0.05, 0) is 47.9 Å². The normalized spacial score (nSPS) is 10.6. The number of nitrogens with zero attached hydrogens (tertiary/aromatic N) is 1. The lowest BCUT2D eigenvalue weighted by Crippen LogP contribution is -2.03. The maximum Gasteiger partial charge on any atom is 0.335 e. The van der Waals surface area contributed by atoms with Gasteiger partial charge in [0.1, 0.15) is 0 Å². The maximum atomic E-state index is 11.6. The molecule has 0 saturated heterocycles. The highest BCUT2D eigenvalue weighted by Crippen LogP contribution is 2.38. The molecule has 0 amide bonds. The molecule has 5 nitrogen and oxygen atoms in total. The number of hydrogen-bond donors (Lipinski definition) is 1. The zero-order valence-electron chi connectivity index (χ0n) is 14.3. The fourth-order valence-corrected chi connectivity index (χ4v) is 3.98. The van der Waals surface area contributed by atoms with Crippen LogP contribution in [0.3, 0.4) is 0 Å². The van der Waals surface area contributed by atoms with Crippen LogP contribution in [0.1, 0.15) is 21.5 Å². The van der Waals surface area contributed by atoms with Crippen LogP contribution in [0, 0.1) is 10.1 Å². The second kappa shape index (κ2) is 8.65. The molecule has 142 valence electrons. The number of carboxylic acid groups (broad SMARTS) is 1. The van der Waals surface area contributed by atoms with Crippen molar-refractivity contribution in [3.8, 4) is 0 Å². The van der Waals surface area contributed by atoms with Crippen LogP contribution in [0.2, 0.25) is 10.0 Å². The lowest BCUT2D eigenvalue weighted by atomic mass is 9.99. The summed E-state index contributed by atoms with van der Waals surface area (Å²) in [5.74, 6) is -1.03. The van der Waals surface area contributed by atoms with Gasteiger partial charge in [-0.1, -0.05) is 59.2 Å². The molecule has 3 aromatic carbocycles. The maximum absolute atomic E-state index is 11.6. The summed E-state index contributed by atoms with van der Waals surface area (Å²) < 4.78 is 0. The number of rotatable bonds is 6. The van der Waals surface area contributed by atoms with E-state index in [-0.39, 0.29) is 17.7 Å². The van der Waals surface area contributed by atoms with Gasteiger partial charge in [0.05, 0.1) is 25.4 Å². The average Bonchev–Trinajstić information content (AvgIpc) is 2.66. The van der Waals surface area contributed by atoms with E-state index in [1.807, 2.05) is 0 Å². The van der Waals surface area contributed by atoms with Gasteiger partial charge in [0.2, 0.25) is 0 Å². The second-order valence-electron chi connectivity index (χ2n) is 5.88. The third kappa shape index (κ3) is 4.65. The summed E-state index contributed by atoms with van der Waals surface area (Å²) in [7, 11) is 0. The van der Waals surface area contributed by atoms with Crippen LogP contribution in [0.4, 0.5) is 5.69 Å². The molecule has 1 N–H and O–H groups in total. The zero-order valence-corrected chi connectivity index (χ0v) is 16.6. The smallest absolute Gasteiger partial charge is 0.335 e. The molecule has 3 aromatic rings. The van der Waals surface area contributed by atoms with E-state index in [0.717, 1.165) is 4.90 Å². The molecule has 0 bridgehead atoms. The summed E-state index contributed by atoms with van der Waals surface area (Å²) in [4.78, 5) is 23.7. The van der Waals surface area contributed by atoms with Crippen molar-refractivity contribution in [3.63, 3.8) is 0 Å². The predicted octanol–water partition coefficient (Wildman–Crippen LogP) is 6.34. The molecule has 0 aromatic heterocycles. The van der Waals surface area contributed by atoms with Gasteiger partial charge in [0.25, 0.3) is 5.69 Å². The second-order valence-corrected chi connectivity index (χ2v) is 7.81. The molecule has 0 unspecified atom stereocenters. The van der Waals surface area contributed by atoms with Gasteiger partial charge < -0.3 is 5.11 Å². The Hall–Kier alpha value is -2.54. The van der Waals surface area contributed by atoms with Crippen molar-refractivity contribution >= 4 is 46.6 Å². The number of benzene rings is 3. The van der Waals surface area contributed by atoms with Gasteiger partial charge in [-0.2, -0.15) is 0 Å².